The van der Waals surface area contributed by atoms with E-state index in [1.807, 2.05) is 6.92 Å². The Morgan fingerprint density at radius 1 is 0.769 bits per heavy atom. The third-order valence-electron chi connectivity index (χ3n) is 6.79. The van der Waals surface area contributed by atoms with E-state index in [4.69, 9.17) is 0 Å². The molecule has 0 amide bonds. The standard InChI is InChI=1S/C29H23F9O/c1-16-2-4-17(5-3-16)20-12-24(31)27(25(32)13-20)29(37,38)39-21-10-11-22(23(30)14-21)18-6-8-19(9-7-18)26(33)15-28(34,35)36/h2-5,10-15,18-19H,6-9H2,1H3/b26-15-. The molecule has 1 fully saturated rings. The number of ether oxygens (including phenoxy) is 1. The highest BCUT2D eigenvalue weighted by Crippen LogP contribution is 2.42. The highest BCUT2D eigenvalue weighted by Gasteiger charge is 2.41. The van der Waals surface area contributed by atoms with Gasteiger partial charge in [0.15, 0.2) is 0 Å². The third kappa shape index (κ3) is 6.78. The summed E-state index contributed by atoms with van der Waals surface area (Å²) in [5.74, 6) is -7.40. The molecule has 0 atom stereocenters. The molecule has 0 aliphatic heterocycles. The molecule has 0 saturated heterocycles. The van der Waals surface area contributed by atoms with Gasteiger partial charge in [-0.3, -0.25) is 0 Å². The maximum absolute atomic E-state index is 14.8. The molecular weight excluding hydrogens is 535 g/mol. The van der Waals surface area contributed by atoms with Crippen LogP contribution in [-0.4, -0.2) is 6.18 Å². The zero-order valence-electron chi connectivity index (χ0n) is 20.6. The summed E-state index contributed by atoms with van der Waals surface area (Å²) in [6.45, 7) is 1.81. The number of hydrogen-bond acceptors (Lipinski definition) is 1. The van der Waals surface area contributed by atoms with Crippen LogP contribution in [0.3, 0.4) is 0 Å². The predicted molar refractivity (Wildman–Crippen MR) is 127 cm³/mol. The van der Waals surface area contributed by atoms with E-state index in [0.717, 1.165) is 23.8 Å². The number of allylic oxidation sites excluding steroid dienone is 2. The van der Waals surface area contributed by atoms with E-state index in [1.165, 1.54) is 6.07 Å². The van der Waals surface area contributed by atoms with Crippen molar-refractivity contribution in [3.8, 4) is 16.9 Å². The lowest BCUT2D eigenvalue weighted by atomic mass is 9.78. The molecular formula is C29H23F9O. The van der Waals surface area contributed by atoms with Crippen molar-refractivity contribution >= 4 is 0 Å². The summed E-state index contributed by atoms with van der Waals surface area (Å²) in [5, 5.41) is 0. The first-order chi connectivity index (χ1) is 18.2. The summed E-state index contributed by atoms with van der Waals surface area (Å²) in [6, 6.07) is 10.9. The molecule has 0 bridgehead atoms. The Bertz CT molecular complexity index is 1330. The van der Waals surface area contributed by atoms with Crippen molar-refractivity contribution in [1.82, 2.24) is 0 Å². The summed E-state index contributed by atoms with van der Waals surface area (Å²) >= 11 is 0. The highest BCUT2D eigenvalue weighted by atomic mass is 19.4. The molecule has 10 heteroatoms. The van der Waals surface area contributed by atoms with Gasteiger partial charge < -0.3 is 4.74 Å². The Balaban J connectivity index is 1.48. The van der Waals surface area contributed by atoms with Crippen LogP contribution in [0.4, 0.5) is 39.5 Å². The summed E-state index contributed by atoms with van der Waals surface area (Å²) in [6.07, 6.45) is -9.17. The van der Waals surface area contributed by atoms with Gasteiger partial charge in [-0.25, -0.2) is 17.6 Å². The second-order valence-electron chi connectivity index (χ2n) is 9.60. The molecule has 1 saturated carbocycles. The van der Waals surface area contributed by atoms with Crippen LogP contribution in [0.25, 0.3) is 11.1 Å². The molecule has 0 N–H and O–H groups in total. The summed E-state index contributed by atoms with van der Waals surface area (Å²) in [4.78, 5) is 0. The minimum atomic E-state index is -4.78. The van der Waals surface area contributed by atoms with E-state index in [1.54, 1.807) is 24.3 Å². The largest absolute Gasteiger partial charge is 0.432 e. The van der Waals surface area contributed by atoms with Gasteiger partial charge in [0.25, 0.3) is 0 Å². The van der Waals surface area contributed by atoms with Gasteiger partial charge >= 0.3 is 12.3 Å². The number of benzene rings is 3. The Labute approximate surface area is 218 Å². The summed E-state index contributed by atoms with van der Waals surface area (Å²) in [5.41, 5.74) is -0.170. The Morgan fingerprint density at radius 2 is 1.36 bits per heavy atom. The van der Waals surface area contributed by atoms with Crippen LogP contribution in [0.1, 0.15) is 48.3 Å². The average molecular weight is 558 g/mol. The molecule has 0 radical (unpaired) electrons. The molecule has 1 aliphatic carbocycles. The fourth-order valence-electron chi connectivity index (χ4n) is 4.82. The fraction of sp³-hybridized carbons (Fsp3) is 0.310. The maximum Gasteiger partial charge on any atom is 0.432 e. The van der Waals surface area contributed by atoms with Crippen LogP contribution in [0, 0.1) is 30.3 Å². The Hall–Kier alpha value is -3.43. The molecule has 39 heavy (non-hydrogen) atoms. The second kappa shape index (κ2) is 11.0. The van der Waals surface area contributed by atoms with Gasteiger partial charge in [0.05, 0.1) is 6.08 Å². The van der Waals surface area contributed by atoms with Crippen molar-refractivity contribution in [2.75, 3.05) is 0 Å². The second-order valence-corrected chi connectivity index (χ2v) is 9.60. The Kier molecular flexibility index (Phi) is 8.04. The van der Waals surface area contributed by atoms with Crippen LogP contribution in [0.2, 0.25) is 0 Å². The van der Waals surface area contributed by atoms with Gasteiger partial charge in [-0.1, -0.05) is 35.9 Å². The van der Waals surface area contributed by atoms with E-state index < -0.39 is 58.7 Å². The first-order valence-electron chi connectivity index (χ1n) is 12.1. The van der Waals surface area contributed by atoms with Crippen molar-refractivity contribution in [2.24, 2.45) is 5.92 Å². The average Bonchev–Trinajstić information content (AvgIpc) is 2.83. The van der Waals surface area contributed by atoms with E-state index in [0.29, 0.717) is 11.6 Å². The van der Waals surface area contributed by atoms with E-state index >= 15 is 0 Å². The Morgan fingerprint density at radius 3 is 1.90 bits per heavy atom. The van der Waals surface area contributed by atoms with Gasteiger partial charge in [0.1, 0.15) is 34.6 Å². The molecule has 0 heterocycles. The zero-order valence-corrected chi connectivity index (χ0v) is 20.6. The number of aryl methyl sites for hydroxylation is 1. The topological polar surface area (TPSA) is 9.23 Å². The van der Waals surface area contributed by atoms with Gasteiger partial charge in [-0.05, 0) is 73.4 Å². The lowest BCUT2D eigenvalue weighted by molar-refractivity contribution is -0.189. The van der Waals surface area contributed by atoms with Crippen LogP contribution >= 0.6 is 0 Å². The van der Waals surface area contributed by atoms with E-state index in [-0.39, 0.29) is 42.9 Å². The lowest BCUT2D eigenvalue weighted by Gasteiger charge is -2.28. The predicted octanol–water partition coefficient (Wildman–Crippen LogP) is 9.90. The maximum atomic E-state index is 14.8. The minimum Gasteiger partial charge on any atom is -0.429 e. The van der Waals surface area contributed by atoms with Crippen LogP contribution < -0.4 is 4.74 Å². The molecule has 3 aromatic carbocycles. The summed E-state index contributed by atoms with van der Waals surface area (Å²) in [7, 11) is 0. The van der Waals surface area contributed by atoms with Crippen LogP contribution in [0.5, 0.6) is 5.75 Å². The molecule has 0 spiro atoms. The third-order valence-corrected chi connectivity index (χ3v) is 6.79. The number of rotatable bonds is 6. The molecule has 1 nitrogen and oxygen atoms in total. The van der Waals surface area contributed by atoms with Crippen molar-refractivity contribution in [2.45, 2.75) is 50.8 Å². The smallest absolute Gasteiger partial charge is 0.429 e. The number of halogens is 9. The molecule has 1 aliphatic rings. The van der Waals surface area contributed by atoms with Gasteiger partial charge in [0, 0.05) is 12.0 Å². The van der Waals surface area contributed by atoms with Gasteiger partial charge in [-0.15, -0.1) is 0 Å². The fourth-order valence-corrected chi connectivity index (χ4v) is 4.82. The molecule has 0 unspecified atom stereocenters. The number of hydrogen-bond donors (Lipinski definition) is 0. The SMILES string of the molecule is Cc1ccc(-c2cc(F)c(C(F)(F)Oc3ccc(C4CCC(/C(F)=C/C(F)(F)F)CC4)c(F)c3)c(F)c2)cc1. The monoisotopic (exact) mass is 558 g/mol. The lowest BCUT2D eigenvalue weighted by Crippen LogP contribution is -2.25. The first kappa shape index (κ1) is 28.6. The quantitative estimate of drug-likeness (QED) is 0.274. The van der Waals surface area contributed by atoms with Crippen molar-refractivity contribution in [3.63, 3.8) is 0 Å². The molecule has 4 rings (SSSR count). The van der Waals surface area contributed by atoms with Gasteiger partial charge in [0.2, 0.25) is 0 Å². The highest BCUT2D eigenvalue weighted by molar-refractivity contribution is 5.64. The van der Waals surface area contributed by atoms with Gasteiger partial charge in [-0.2, -0.15) is 22.0 Å². The molecule has 0 aromatic heterocycles. The molecule has 3 aromatic rings. The van der Waals surface area contributed by atoms with Crippen molar-refractivity contribution in [3.05, 3.63) is 101 Å². The number of alkyl halides is 5. The first-order valence-corrected chi connectivity index (χ1v) is 12.1. The van der Waals surface area contributed by atoms with E-state index in [2.05, 4.69) is 4.74 Å². The minimum absolute atomic E-state index is 0.0449. The van der Waals surface area contributed by atoms with Crippen molar-refractivity contribution < 1.29 is 44.3 Å². The normalized spacial score (nSPS) is 18.8. The van der Waals surface area contributed by atoms with Crippen LogP contribution in [0.15, 0.2) is 66.5 Å². The molecule has 208 valence electrons. The summed E-state index contributed by atoms with van der Waals surface area (Å²) < 4.78 is 129. The zero-order chi connectivity index (χ0) is 28.5. The van der Waals surface area contributed by atoms with Crippen molar-refractivity contribution in [1.29, 1.82) is 0 Å². The van der Waals surface area contributed by atoms with Crippen LogP contribution in [-0.2, 0) is 6.11 Å². The van der Waals surface area contributed by atoms with E-state index in [9.17, 15) is 39.5 Å².